The zero-order chi connectivity index (χ0) is 16.5. The van der Waals surface area contributed by atoms with E-state index in [1.54, 1.807) is 11.3 Å². The Balaban J connectivity index is 1.47. The number of hydrogen-bond acceptors (Lipinski definition) is 4. The molecule has 0 unspecified atom stereocenters. The number of aromatic nitrogens is 2. The second-order valence-corrected chi connectivity index (χ2v) is 7.60. The second-order valence-electron chi connectivity index (χ2n) is 6.72. The monoisotopic (exact) mass is 341 g/mol. The second kappa shape index (κ2) is 6.67. The molecule has 4 nitrogen and oxygen atoms in total. The van der Waals surface area contributed by atoms with Crippen LogP contribution in [0.2, 0.25) is 0 Å². The van der Waals surface area contributed by atoms with Gasteiger partial charge in [0.05, 0.1) is 18.0 Å². The first kappa shape index (κ1) is 15.8. The number of nitrogens with one attached hydrogen (secondary N) is 1. The lowest BCUT2D eigenvalue weighted by Gasteiger charge is -2.17. The Hall–Kier alpha value is -1.69. The van der Waals surface area contributed by atoms with Gasteiger partial charge < -0.3 is 10.4 Å². The molecule has 0 aliphatic heterocycles. The van der Waals surface area contributed by atoms with Crippen LogP contribution in [0.1, 0.15) is 41.3 Å². The number of aliphatic hydroxyl groups excluding tert-OH is 1. The highest BCUT2D eigenvalue weighted by molar-refractivity contribution is 7.15. The number of aliphatic hydroxyl groups is 1. The minimum Gasteiger partial charge on any atom is -0.395 e. The fraction of sp³-hybridized carbons (Fsp3) is 0.421. The number of rotatable bonds is 7. The number of fused-ring (bicyclic) bond motifs is 1. The zero-order valence-electron chi connectivity index (χ0n) is 13.9. The lowest BCUT2D eigenvalue weighted by molar-refractivity contribution is 0.240. The molecule has 1 aliphatic rings. The van der Waals surface area contributed by atoms with E-state index in [2.05, 4.69) is 52.5 Å². The van der Waals surface area contributed by atoms with Crippen molar-refractivity contribution in [2.24, 2.45) is 0 Å². The van der Waals surface area contributed by atoms with Crippen LogP contribution in [0.15, 0.2) is 35.8 Å². The molecule has 2 aromatic heterocycles. The van der Waals surface area contributed by atoms with Gasteiger partial charge in [0.25, 0.3) is 0 Å². The molecular weight excluding hydrogens is 318 g/mol. The summed E-state index contributed by atoms with van der Waals surface area (Å²) in [6.07, 6.45) is 5.44. The smallest absolute Gasteiger partial charge is 0.194 e. The highest BCUT2D eigenvalue weighted by Crippen LogP contribution is 2.41. The predicted molar refractivity (Wildman–Crippen MR) is 97.6 cm³/mol. The molecule has 0 spiro atoms. The molecule has 1 aromatic carbocycles. The first-order chi connectivity index (χ1) is 11.7. The van der Waals surface area contributed by atoms with Crippen LogP contribution in [0.4, 0.5) is 0 Å². The quantitative estimate of drug-likeness (QED) is 0.693. The van der Waals surface area contributed by atoms with Crippen molar-refractivity contribution >= 4 is 16.3 Å². The van der Waals surface area contributed by atoms with Gasteiger partial charge >= 0.3 is 0 Å². The summed E-state index contributed by atoms with van der Waals surface area (Å²) < 4.78 is 2.20. The maximum absolute atomic E-state index is 9.75. The molecular formula is C19H23N3OS. The molecule has 126 valence electrons. The highest BCUT2D eigenvalue weighted by atomic mass is 32.1. The lowest BCUT2D eigenvalue weighted by Crippen LogP contribution is -2.34. The highest BCUT2D eigenvalue weighted by Gasteiger charge is 2.30. The third-order valence-electron chi connectivity index (χ3n) is 4.74. The van der Waals surface area contributed by atoms with E-state index in [-0.39, 0.29) is 12.6 Å². The summed E-state index contributed by atoms with van der Waals surface area (Å²) in [5, 5.41) is 15.4. The average Bonchev–Trinajstić information content (AvgIpc) is 3.23. The van der Waals surface area contributed by atoms with Crippen LogP contribution in [0.25, 0.3) is 4.96 Å². The molecule has 1 atom stereocenters. The minimum absolute atomic E-state index is 0.0592. The summed E-state index contributed by atoms with van der Waals surface area (Å²) in [4.78, 5) is 5.89. The van der Waals surface area contributed by atoms with Crippen LogP contribution in [-0.4, -0.2) is 27.1 Å². The van der Waals surface area contributed by atoms with Gasteiger partial charge in [-0.2, -0.15) is 0 Å². The van der Waals surface area contributed by atoms with Crippen LogP contribution in [0, 0.1) is 6.92 Å². The third-order valence-corrected chi connectivity index (χ3v) is 5.49. The van der Waals surface area contributed by atoms with Crippen molar-refractivity contribution in [3.05, 3.63) is 58.4 Å². The van der Waals surface area contributed by atoms with E-state index >= 15 is 0 Å². The Labute approximate surface area is 146 Å². The molecule has 4 rings (SSSR count). The Morgan fingerprint density at radius 2 is 2.12 bits per heavy atom. The predicted octanol–water partition coefficient (Wildman–Crippen LogP) is 3.27. The Morgan fingerprint density at radius 1 is 1.33 bits per heavy atom. The van der Waals surface area contributed by atoms with E-state index in [1.807, 2.05) is 0 Å². The van der Waals surface area contributed by atoms with Gasteiger partial charge in [0.1, 0.15) is 0 Å². The van der Waals surface area contributed by atoms with Gasteiger partial charge in [-0.1, -0.05) is 29.8 Å². The van der Waals surface area contributed by atoms with Gasteiger partial charge in [0.15, 0.2) is 4.96 Å². The maximum atomic E-state index is 9.75. The Kier molecular flexibility index (Phi) is 4.39. The fourth-order valence-corrected chi connectivity index (χ4v) is 3.90. The minimum atomic E-state index is 0.0592. The third kappa shape index (κ3) is 3.24. The molecule has 1 fully saturated rings. The van der Waals surface area contributed by atoms with Crippen LogP contribution in [0.5, 0.6) is 0 Å². The molecule has 0 radical (unpaired) electrons. The van der Waals surface area contributed by atoms with E-state index in [0.717, 1.165) is 17.9 Å². The van der Waals surface area contributed by atoms with Crippen molar-refractivity contribution in [3.63, 3.8) is 0 Å². The summed E-state index contributed by atoms with van der Waals surface area (Å²) >= 11 is 1.69. The van der Waals surface area contributed by atoms with Crippen molar-refractivity contribution < 1.29 is 5.11 Å². The van der Waals surface area contributed by atoms with Crippen LogP contribution >= 0.6 is 11.3 Å². The first-order valence-corrected chi connectivity index (χ1v) is 9.46. The van der Waals surface area contributed by atoms with Crippen LogP contribution in [-0.2, 0) is 13.0 Å². The van der Waals surface area contributed by atoms with Crippen molar-refractivity contribution in [1.82, 2.24) is 14.7 Å². The van der Waals surface area contributed by atoms with Gasteiger partial charge in [-0.15, -0.1) is 11.3 Å². The standard InChI is InChI=1S/C19H23N3OS/c1-13-2-4-14(5-3-13)10-16(12-23)20-11-17-18(15-6-7-15)21-19-22(17)8-9-24-19/h2-5,8-9,15-16,20,23H,6-7,10-12H2,1H3/t16-/m0/s1. The molecule has 0 saturated heterocycles. The normalized spacial score (nSPS) is 15.9. The SMILES string of the molecule is Cc1ccc(C[C@@H](CO)NCc2c(C3CC3)nc3sccn23)cc1. The van der Waals surface area contributed by atoms with Gasteiger partial charge in [-0.3, -0.25) is 4.40 Å². The Bertz CT molecular complexity index is 817. The summed E-state index contributed by atoms with van der Waals surface area (Å²) in [6.45, 7) is 2.98. The van der Waals surface area contributed by atoms with Gasteiger partial charge in [-0.05, 0) is 31.7 Å². The van der Waals surface area contributed by atoms with Crippen molar-refractivity contribution in [2.45, 2.75) is 44.7 Å². The van der Waals surface area contributed by atoms with Crippen molar-refractivity contribution in [2.75, 3.05) is 6.61 Å². The maximum Gasteiger partial charge on any atom is 0.194 e. The fourth-order valence-electron chi connectivity index (χ4n) is 3.16. The van der Waals surface area contributed by atoms with Crippen LogP contribution < -0.4 is 5.32 Å². The largest absolute Gasteiger partial charge is 0.395 e. The van der Waals surface area contributed by atoms with E-state index in [0.29, 0.717) is 5.92 Å². The molecule has 1 saturated carbocycles. The van der Waals surface area contributed by atoms with E-state index in [4.69, 9.17) is 4.98 Å². The van der Waals surface area contributed by atoms with Crippen LogP contribution in [0.3, 0.4) is 0 Å². The van der Waals surface area contributed by atoms with E-state index < -0.39 is 0 Å². The molecule has 2 heterocycles. The molecule has 5 heteroatoms. The first-order valence-electron chi connectivity index (χ1n) is 8.58. The zero-order valence-corrected chi connectivity index (χ0v) is 14.7. The van der Waals surface area contributed by atoms with Crippen molar-refractivity contribution in [3.8, 4) is 0 Å². The number of hydrogen-bond donors (Lipinski definition) is 2. The summed E-state index contributed by atoms with van der Waals surface area (Å²) in [7, 11) is 0. The molecule has 0 amide bonds. The molecule has 0 bridgehead atoms. The summed E-state index contributed by atoms with van der Waals surface area (Å²) in [6, 6.07) is 8.60. The number of aryl methyl sites for hydroxylation is 1. The van der Waals surface area contributed by atoms with Gasteiger partial charge in [0.2, 0.25) is 0 Å². The number of imidazole rings is 1. The van der Waals surface area contributed by atoms with Crippen molar-refractivity contribution in [1.29, 1.82) is 0 Å². The molecule has 3 aromatic rings. The lowest BCUT2D eigenvalue weighted by atomic mass is 10.0. The van der Waals surface area contributed by atoms with Gasteiger partial charge in [-0.25, -0.2) is 4.98 Å². The molecule has 24 heavy (non-hydrogen) atoms. The molecule has 1 aliphatic carbocycles. The summed E-state index contributed by atoms with van der Waals surface area (Å²) in [5.41, 5.74) is 5.03. The number of thiazole rings is 1. The van der Waals surface area contributed by atoms with E-state index in [1.165, 1.54) is 35.4 Å². The average molecular weight is 341 g/mol. The van der Waals surface area contributed by atoms with Gasteiger partial charge in [0, 0.05) is 30.1 Å². The number of benzene rings is 1. The Morgan fingerprint density at radius 3 is 2.83 bits per heavy atom. The molecule has 2 N–H and O–H groups in total. The topological polar surface area (TPSA) is 49.6 Å². The van der Waals surface area contributed by atoms with E-state index in [9.17, 15) is 5.11 Å². The summed E-state index contributed by atoms with van der Waals surface area (Å²) in [5.74, 6) is 0.638. The number of nitrogens with zero attached hydrogens (tertiary/aromatic N) is 2.